The van der Waals surface area contributed by atoms with E-state index < -0.39 is 17.7 Å². The van der Waals surface area contributed by atoms with Gasteiger partial charge in [0.1, 0.15) is 17.5 Å². The van der Waals surface area contributed by atoms with E-state index in [0.717, 1.165) is 18.2 Å². The molecule has 2 amide bonds. The lowest BCUT2D eigenvalue weighted by Gasteiger charge is -2.09. The number of carbonyl (C=O) groups excluding carboxylic acids is 1. The zero-order chi connectivity index (χ0) is 18.4. The van der Waals surface area contributed by atoms with E-state index in [2.05, 4.69) is 26.1 Å². The number of hydrogen-bond acceptors (Lipinski definition) is 4. The monoisotopic (exact) mass is 358 g/mol. The second kappa shape index (κ2) is 8.06. The van der Waals surface area contributed by atoms with Gasteiger partial charge >= 0.3 is 6.03 Å². The van der Waals surface area contributed by atoms with Crippen molar-refractivity contribution in [1.29, 1.82) is 0 Å². The zero-order valence-corrected chi connectivity index (χ0v) is 13.6. The topological polar surface area (TPSA) is 83.9 Å². The summed E-state index contributed by atoms with van der Waals surface area (Å²) in [6.07, 6.45) is 3.73. The molecule has 26 heavy (non-hydrogen) atoms. The van der Waals surface area contributed by atoms with Gasteiger partial charge in [-0.2, -0.15) is 0 Å². The Hall–Kier alpha value is -3.49. The number of rotatable bonds is 6. The van der Waals surface area contributed by atoms with Gasteiger partial charge in [0, 0.05) is 37.2 Å². The van der Waals surface area contributed by atoms with E-state index in [4.69, 9.17) is 0 Å². The highest BCUT2D eigenvalue weighted by atomic mass is 19.1. The van der Waals surface area contributed by atoms with Crippen LogP contribution in [0.25, 0.3) is 5.82 Å². The molecule has 3 rings (SSSR count). The lowest BCUT2D eigenvalue weighted by atomic mass is 10.3. The third-order valence-corrected chi connectivity index (χ3v) is 3.36. The summed E-state index contributed by atoms with van der Waals surface area (Å²) in [5, 5.41) is 16.1. The fraction of sp³-hybridized carbons (Fsp3) is 0.118. The number of nitrogens with one attached hydrogen (secondary N) is 3. The number of carbonyl (C=O) groups is 1. The largest absolute Gasteiger partial charge is 0.367 e. The Kier molecular flexibility index (Phi) is 5.37. The van der Waals surface area contributed by atoms with E-state index in [1.54, 1.807) is 6.07 Å². The van der Waals surface area contributed by atoms with Gasteiger partial charge < -0.3 is 20.5 Å². The van der Waals surface area contributed by atoms with E-state index in [9.17, 15) is 13.6 Å². The van der Waals surface area contributed by atoms with Gasteiger partial charge in [0.15, 0.2) is 5.82 Å². The Morgan fingerprint density at radius 2 is 1.73 bits per heavy atom. The molecule has 0 aliphatic heterocycles. The number of hydrogen-bond donors (Lipinski definition) is 3. The maximum absolute atomic E-state index is 13.1. The highest BCUT2D eigenvalue weighted by Gasteiger charge is 2.05. The maximum Gasteiger partial charge on any atom is 0.319 e. The molecule has 9 heteroatoms. The molecule has 2 aromatic heterocycles. The van der Waals surface area contributed by atoms with Crippen LogP contribution in [0.2, 0.25) is 0 Å². The number of benzene rings is 1. The summed E-state index contributed by atoms with van der Waals surface area (Å²) in [4.78, 5) is 11.7. The molecule has 0 fully saturated rings. The highest BCUT2D eigenvalue weighted by molar-refractivity contribution is 5.89. The van der Waals surface area contributed by atoms with Crippen molar-refractivity contribution in [2.24, 2.45) is 0 Å². The molecular formula is C17H16F2N6O. The Labute approximate surface area is 148 Å². The summed E-state index contributed by atoms with van der Waals surface area (Å²) in [7, 11) is 0. The SMILES string of the molecule is O=C(NCCNc1ccc(-n2cccc2)nn1)Nc1cc(F)cc(F)c1. The van der Waals surface area contributed by atoms with Crippen LogP contribution in [0.3, 0.4) is 0 Å². The quantitative estimate of drug-likeness (QED) is 0.592. The van der Waals surface area contributed by atoms with Gasteiger partial charge in [0.05, 0.1) is 0 Å². The average Bonchev–Trinajstić information content (AvgIpc) is 3.13. The molecule has 3 N–H and O–H groups in total. The molecule has 134 valence electrons. The molecule has 0 bridgehead atoms. The first-order chi connectivity index (χ1) is 12.6. The van der Waals surface area contributed by atoms with Gasteiger partial charge in [-0.1, -0.05) is 0 Å². The minimum absolute atomic E-state index is 0.0411. The van der Waals surface area contributed by atoms with Crippen LogP contribution in [-0.2, 0) is 0 Å². The van der Waals surface area contributed by atoms with Crippen molar-refractivity contribution < 1.29 is 13.6 Å². The fourth-order valence-corrected chi connectivity index (χ4v) is 2.21. The summed E-state index contributed by atoms with van der Waals surface area (Å²) in [5.41, 5.74) is 0.0411. The van der Waals surface area contributed by atoms with Gasteiger partial charge in [-0.05, 0) is 36.4 Å². The van der Waals surface area contributed by atoms with E-state index in [1.165, 1.54) is 0 Å². The molecule has 0 aliphatic carbocycles. The van der Waals surface area contributed by atoms with Gasteiger partial charge in [-0.3, -0.25) is 0 Å². The van der Waals surface area contributed by atoms with Crippen LogP contribution in [0.4, 0.5) is 25.1 Å². The van der Waals surface area contributed by atoms with Gasteiger partial charge in [0.25, 0.3) is 0 Å². The Morgan fingerprint density at radius 1 is 1.00 bits per heavy atom. The Bertz CT molecular complexity index is 847. The third-order valence-electron chi connectivity index (χ3n) is 3.36. The summed E-state index contributed by atoms with van der Waals surface area (Å²) in [6, 6.07) is 9.60. The van der Waals surface area contributed by atoms with Crippen molar-refractivity contribution in [3.63, 3.8) is 0 Å². The summed E-state index contributed by atoms with van der Waals surface area (Å²) >= 11 is 0. The minimum atomic E-state index is -0.760. The molecule has 2 heterocycles. The molecule has 1 aromatic carbocycles. The Morgan fingerprint density at radius 3 is 2.38 bits per heavy atom. The first kappa shape index (κ1) is 17.3. The van der Waals surface area contributed by atoms with Gasteiger partial charge in [0.2, 0.25) is 0 Å². The summed E-state index contributed by atoms with van der Waals surface area (Å²) in [5.74, 6) is -0.261. The minimum Gasteiger partial charge on any atom is -0.367 e. The van der Waals surface area contributed by atoms with Gasteiger partial charge in [-0.25, -0.2) is 13.6 Å². The lowest BCUT2D eigenvalue weighted by Crippen LogP contribution is -2.32. The van der Waals surface area contributed by atoms with Crippen LogP contribution in [0.5, 0.6) is 0 Å². The van der Waals surface area contributed by atoms with Crippen molar-refractivity contribution in [3.05, 3.63) is 66.5 Å². The number of anilines is 2. The molecule has 0 radical (unpaired) electrons. The number of halogens is 2. The molecule has 3 aromatic rings. The van der Waals surface area contributed by atoms with Crippen LogP contribution in [0, 0.1) is 11.6 Å². The molecule has 0 spiro atoms. The van der Waals surface area contributed by atoms with Crippen LogP contribution in [0.15, 0.2) is 54.9 Å². The molecule has 0 saturated carbocycles. The zero-order valence-electron chi connectivity index (χ0n) is 13.6. The van der Waals surface area contributed by atoms with E-state index >= 15 is 0 Å². The number of urea groups is 1. The van der Waals surface area contributed by atoms with Crippen LogP contribution in [0.1, 0.15) is 0 Å². The normalized spacial score (nSPS) is 10.4. The molecule has 0 aliphatic rings. The summed E-state index contributed by atoms with van der Waals surface area (Å²) in [6.45, 7) is 0.688. The first-order valence-corrected chi connectivity index (χ1v) is 7.82. The van der Waals surface area contributed by atoms with Crippen molar-refractivity contribution in [2.45, 2.75) is 0 Å². The summed E-state index contributed by atoms with van der Waals surface area (Å²) < 4.78 is 27.9. The molecule has 0 unspecified atom stereocenters. The van der Waals surface area contributed by atoms with Crippen molar-refractivity contribution in [2.75, 3.05) is 23.7 Å². The molecule has 7 nitrogen and oxygen atoms in total. The standard InChI is InChI=1S/C17H16F2N6O/c18-12-9-13(19)11-14(10-12)22-17(26)21-6-5-20-15-3-4-16(24-23-15)25-7-1-2-8-25/h1-4,7-11H,5-6H2,(H,20,23)(H2,21,22,26). The van der Waals surface area contributed by atoms with Crippen LogP contribution < -0.4 is 16.0 Å². The first-order valence-electron chi connectivity index (χ1n) is 7.82. The number of amides is 2. The van der Waals surface area contributed by atoms with Gasteiger partial charge in [-0.15, -0.1) is 10.2 Å². The molecule has 0 saturated heterocycles. The van der Waals surface area contributed by atoms with Crippen molar-refractivity contribution >= 4 is 17.5 Å². The van der Waals surface area contributed by atoms with Crippen LogP contribution >= 0.6 is 0 Å². The molecule has 0 atom stereocenters. The van der Waals surface area contributed by atoms with Crippen molar-refractivity contribution in [3.8, 4) is 5.82 Å². The van der Waals surface area contributed by atoms with Crippen molar-refractivity contribution in [1.82, 2.24) is 20.1 Å². The average molecular weight is 358 g/mol. The fourth-order valence-electron chi connectivity index (χ4n) is 2.21. The van der Waals surface area contributed by atoms with E-state index in [1.807, 2.05) is 35.2 Å². The smallest absolute Gasteiger partial charge is 0.319 e. The third kappa shape index (κ3) is 4.76. The maximum atomic E-state index is 13.1. The van der Waals surface area contributed by atoms with E-state index in [-0.39, 0.29) is 12.2 Å². The number of aromatic nitrogens is 3. The lowest BCUT2D eigenvalue weighted by molar-refractivity contribution is 0.252. The van der Waals surface area contributed by atoms with E-state index in [0.29, 0.717) is 18.2 Å². The second-order valence-corrected chi connectivity index (χ2v) is 5.33. The predicted molar refractivity (Wildman–Crippen MR) is 93.2 cm³/mol. The predicted octanol–water partition coefficient (Wildman–Crippen LogP) is 2.78. The van der Waals surface area contributed by atoms with Crippen LogP contribution in [-0.4, -0.2) is 33.9 Å². The second-order valence-electron chi connectivity index (χ2n) is 5.33. The highest BCUT2D eigenvalue weighted by Crippen LogP contribution is 2.12. The Balaban J connectivity index is 1.41. The number of nitrogens with zero attached hydrogens (tertiary/aromatic N) is 3. The molecular weight excluding hydrogens is 342 g/mol.